The number of carbonyl (C=O) groups excluding carboxylic acids is 4. The third-order valence-electron chi connectivity index (χ3n) is 8.94. The number of nitrogens with one attached hydrogen (secondary N) is 2. The molecule has 3 aliphatic rings. The molecular weight excluding hydrogens is 626 g/mol. The van der Waals surface area contributed by atoms with E-state index in [-0.39, 0.29) is 62.0 Å². The molecule has 0 unspecified atom stereocenters. The zero-order valence-electron chi connectivity index (χ0n) is 26.6. The number of piperazine rings is 1. The Balaban J connectivity index is 1.28. The fourth-order valence-electron chi connectivity index (χ4n) is 6.35. The summed E-state index contributed by atoms with van der Waals surface area (Å²) in [6.45, 7) is 0.386. The molecule has 0 radical (unpaired) electrons. The van der Waals surface area contributed by atoms with Crippen molar-refractivity contribution in [3.8, 4) is 11.6 Å². The predicted molar refractivity (Wildman–Crippen MR) is 168 cm³/mol. The van der Waals surface area contributed by atoms with Crippen LogP contribution in [-0.4, -0.2) is 128 Å². The van der Waals surface area contributed by atoms with Crippen molar-refractivity contribution in [3.63, 3.8) is 0 Å². The molecule has 258 valence electrons. The van der Waals surface area contributed by atoms with E-state index in [4.69, 9.17) is 4.74 Å². The van der Waals surface area contributed by atoms with E-state index in [1.165, 1.54) is 25.4 Å². The van der Waals surface area contributed by atoms with Gasteiger partial charge in [0.15, 0.2) is 12.3 Å². The molecule has 1 aliphatic carbocycles. The normalized spacial score (nSPS) is 18.8. The highest BCUT2D eigenvalue weighted by Crippen LogP contribution is 2.23. The average molecular weight is 668 g/mol. The van der Waals surface area contributed by atoms with Gasteiger partial charge in [-0.2, -0.15) is 5.10 Å². The Morgan fingerprint density at radius 1 is 0.896 bits per heavy atom. The highest BCUT2D eigenvalue weighted by Gasteiger charge is 2.36. The number of para-hydroxylation sites is 1. The van der Waals surface area contributed by atoms with Gasteiger partial charge in [0.1, 0.15) is 12.1 Å². The van der Waals surface area contributed by atoms with Gasteiger partial charge in [-0.3, -0.25) is 24.0 Å². The standard InChI is InChI=1S/C32H41N7O9/c40-26(38-14-6-11-25(38)30(44)33-21-7-4-5-8-21)20-48-27-19-24(35-39(27)22-9-2-1-3-10-22)29(43)34-23(12-13-28(41)42)31(45)36-15-17-37(18-16-36)32(46)47/h1-3,9-10,19,21,23,25H,4-8,11-18,20H2,(H,33,44)(H,34,43)(H,41,42)(H,46,47)/t23-,25-/m0/s1. The van der Waals surface area contributed by atoms with Crippen molar-refractivity contribution in [2.75, 3.05) is 39.3 Å². The molecule has 2 atom stereocenters. The van der Waals surface area contributed by atoms with Gasteiger partial charge in [0, 0.05) is 51.3 Å². The maximum atomic E-state index is 13.5. The van der Waals surface area contributed by atoms with E-state index in [0.29, 0.717) is 25.1 Å². The van der Waals surface area contributed by atoms with Crippen LogP contribution in [0.3, 0.4) is 0 Å². The van der Waals surface area contributed by atoms with Crippen molar-refractivity contribution < 1.29 is 43.7 Å². The van der Waals surface area contributed by atoms with Gasteiger partial charge in [0.25, 0.3) is 11.8 Å². The number of carboxylic acid groups (broad SMARTS) is 2. The Kier molecular flexibility index (Phi) is 11.1. The topological polar surface area (TPSA) is 204 Å². The molecule has 1 aromatic carbocycles. The Morgan fingerprint density at radius 2 is 1.58 bits per heavy atom. The summed E-state index contributed by atoms with van der Waals surface area (Å²) in [5.41, 5.74) is 0.393. The van der Waals surface area contributed by atoms with E-state index >= 15 is 0 Å². The molecule has 2 aromatic rings. The highest BCUT2D eigenvalue weighted by molar-refractivity contribution is 5.96. The molecule has 4 N–H and O–H groups in total. The van der Waals surface area contributed by atoms with Crippen molar-refractivity contribution >= 4 is 35.7 Å². The fourth-order valence-corrected chi connectivity index (χ4v) is 6.35. The summed E-state index contributed by atoms with van der Waals surface area (Å²) in [6, 6.07) is 8.44. The van der Waals surface area contributed by atoms with Crippen LogP contribution in [0.4, 0.5) is 4.79 Å². The quantitative estimate of drug-likeness (QED) is 0.254. The molecule has 2 aliphatic heterocycles. The molecule has 0 bridgehead atoms. The molecule has 16 nitrogen and oxygen atoms in total. The number of carbonyl (C=O) groups is 6. The minimum atomic E-state index is -1.21. The van der Waals surface area contributed by atoms with Crippen LogP contribution in [0.5, 0.6) is 5.88 Å². The van der Waals surface area contributed by atoms with Crippen molar-refractivity contribution in [2.24, 2.45) is 0 Å². The first kappa shape index (κ1) is 34.2. The van der Waals surface area contributed by atoms with Gasteiger partial charge in [-0.25, -0.2) is 9.48 Å². The van der Waals surface area contributed by atoms with Crippen molar-refractivity contribution in [3.05, 3.63) is 42.1 Å². The van der Waals surface area contributed by atoms with Gasteiger partial charge in [0.2, 0.25) is 17.7 Å². The number of rotatable bonds is 12. The number of hydrogen-bond acceptors (Lipinski definition) is 8. The molecule has 16 heteroatoms. The summed E-state index contributed by atoms with van der Waals surface area (Å²) < 4.78 is 7.25. The summed E-state index contributed by atoms with van der Waals surface area (Å²) in [5.74, 6) is -2.91. The molecule has 1 saturated carbocycles. The van der Waals surface area contributed by atoms with E-state index in [1.807, 2.05) is 0 Å². The van der Waals surface area contributed by atoms with E-state index < -0.39 is 49.0 Å². The number of amides is 5. The van der Waals surface area contributed by atoms with E-state index in [2.05, 4.69) is 15.7 Å². The van der Waals surface area contributed by atoms with Gasteiger partial charge in [-0.05, 0) is 44.2 Å². The minimum Gasteiger partial charge on any atom is -0.481 e. The summed E-state index contributed by atoms with van der Waals surface area (Å²) in [5, 5.41) is 28.5. The van der Waals surface area contributed by atoms with E-state index in [0.717, 1.165) is 25.7 Å². The third kappa shape index (κ3) is 8.41. The summed E-state index contributed by atoms with van der Waals surface area (Å²) in [4.78, 5) is 79.8. The molecule has 2 saturated heterocycles. The summed E-state index contributed by atoms with van der Waals surface area (Å²) in [7, 11) is 0. The van der Waals surface area contributed by atoms with Gasteiger partial charge in [-0.1, -0.05) is 31.0 Å². The number of nitrogens with zero attached hydrogens (tertiary/aromatic N) is 5. The molecule has 3 heterocycles. The van der Waals surface area contributed by atoms with Crippen molar-refractivity contribution in [2.45, 2.75) is 69.5 Å². The average Bonchev–Trinajstić information content (AvgIpc) is 3.87. The first-order valence-corrected chi connectivity index (χ1v) is 16.3. The van der Waals surface area contributed by atoms with E-state index in [1.54, 1.807) is 30.3 Å². The fraction of sp³-hybridized carbons (Fsp3) is 0.531. The maximum Gasteiger partial charge on any atom is 0.407 e. The highest BCUT2D eigenvalue weighted by atomic mass is 16.5. The second kappa shape index (κ2) is 15.6. The predicted octanol–water partition coefficient (Wildman–Crippen LogP) is 1.09. The van der Waals surface area contributed by atoms with Crippen LogP contribution in [0.15, 0.2) is 36.4 Å². The van der Waals surface area contributed by atoms with Gasteiger partial charge < -0.3 is 40.3 Å². The number of carboxylic acids is 1. The first-order chi connectivity index (χ1) is 23.1. The van der Waals surface area contributed by atoms with Gasteiger partial charge in [0.05, 0.1) is 5.69 Å². The lowest BCUT2D eigenvalue weighted by molar-refractivity contribution is -0.140. The number of benzene rings is 1. The zero-order chi connectivity index (χ0) is 34.2. The van der Waals surface area contributed by atoms with Crippen LogP contribution >= 0.6 is 0 Å². The lowest BCUT2D eigenvalue weighted by Gasteiger charge is -2.35. The van der Waals surface area contributed by atoms with Crippen LogP contribution in [0.1, 0.15) is 61.9 Å². The van der Waals surface area contributed by atoms with Crippen LogP contribution in [-0.2, 0) is 19.2 Å². The SMILES string of the molecule is O=C(O)CC[C@H](NC(=O)c1cc(OCC(=O)N2CCC[C@H]2C(=O)NC2CCCC2)n(-c2ccccc2)n1)C(=O)N1CCN(C(=O)O)CC1. The number of aliphatic carboxylic acids is 1. The summed E-state index contributed by atoms with van der Waals surface area (Å²) in [6.07, 6.45) is 3.60. The molecule has 3 fully saturated rings. The molecular formula is C32H41N7O9. The smallest absolute Gasteiger partial charge is 0.407 e. The van der Waals surface area contributed by atoms with Crippen molar-refractivity contribution in [1.82, 2.24) is 35.1 Å². The molecule has 5 rings (SSSR count). The largest absolute Gasteiger partial charge is 0.481 e. The van der Waals surface area contributed by atoms with Gasteiger partial charge >= 0.3 is 12.1 Å². The Labute approximate surface area is 277 Å². The van der Waals surface area contributed by atoms with Crippen LogP contribution in [0, 0.1) is 0 Å². The Morgan fingerprint density at radius 3 is 2.25 bits per heavy atom. The maximum absolute atomic E-state index is 13.5. The number of aromatic nitrogens is 2. The lowest BCUT2D eigenvalue weighted by atomic mass is 10.1. The third-order valence-corrected chi connectivity index (χ3v) is 8.94. The lowest BCUT2D eigenvalue weighted by Crippen LogP contribution is -2.55. The molecule has 48 heavy (non-hydrogen) atoms. The second-order valence-corrected chi connectivity index (χ2v) is 12.2. The van der Waals surface area contributed by atoms with E-state index in [9.17, 15) is 39.0 Å². The van der Waals surface area contributed by atoms with Crippen molar-refractivity contribution in [1.29, 1.82) is 0 Å². The molecule has 5 amide bonds. The summed E-state index contributed by atoms with van der Waals surface area (Å²) >= 11 is 0. The molecule has 1 aromatic heterocycles. The number of likely N-dealkylation sites (tertiary alicyclic amines) is 1. The monoisotopic (exact) mass is 667 g/mol. The minimum absolute atomic E-state index is 0.0732. The van der Waals surface area contributed by atoms with Crippen LogP contribution in [0.2, 0.25) is 0 Å². The van der Waals surface area contributed by atoms with Gasteiger partial charge in [-0.15, -0.1) is 0 Å². The first-order valence-electron chi connectivity index (χ1n) is 16.3. The number of ether oxygens (including phenoxy) is 1. The molecule has 0 spiro atoms. The van der Waals surface area contributed by atoms with Crippen LogP contribution < -0.4 is 15.4 Å². The Bertz CT molecular complexity index is 1500. The number of hydrogen-bond donors (Lipinski definition) is 4. The second-order valence-electron chi connectivity index (χ2n) is 12.2. The van der Waals surface area contributed by atoms with Crippen LogP contribution in [0.25, 0.3) is 5.69 Å². The Hall–Kier alpha value is -5.15. The zero-order valence-corrected chi connectivity index (χ0v) is 26.6.